The maximum Gasteiger partial charge on any atom is 0.309 e. The number of likely N-dealkylation sites (N-methyl/N-ethyl adjacent to an activating group) is 1. The number of carbonyl (C=O) groups is 4. The normalized spacial score (nSPS) is 40.0. The largest absolute Gasteiger partial charge is 0.462 e. The van der Waals surface area contributed by atoms with Gasteiger partial charge >= 0.3 is 17.9 Å². The van der Waals surface area contributed by atoms with E-state index in [1.807, 2.05) is 13.8 Å². The second kappa shape index (κ2) is 22.5. The van der Waals surface area contributed by atoms with Crippen LogP contribution in [0.4, 0.5) is 0 Å². The highest BCUT2D eigenvalue weighted by Gasteiger charge is 2.53. The molecule has 0 spiro atoms. The smallest absolute Gasteiger partial charge is 0.309 e. The van der Waals surface area contributed by atoms with Crippen LogP contribution in [-0.4, -0.2) is 151 Å². The Morgan fingerprint density at radius 1 is 1.02 bits per heavy atom. The molecule has 0 aromatic rings. The molecule has 57 heavy (non-hydrogen) atoms. The minimum atomic E-state index is -1.49. The van der Waals surface area contributed by atoms with Crippen molar-refractivity contribution in [2.45, 2.75) is 179 Å². The van der Waals surface area contributed by atoms with Gasteiger partial charge in [0.1, 0.15) is 42.4 Å². The van der Waals surface area contributed by atoms with Gasteiger partial charge in [0.25, 0.3) is 0 Å². The SMILES string of the molecule is CCCC(=O)O[C@H]1C(C)O[C@@H](O[C@@H]2C(C)O[C@@H](O[C@H]3[C@@H](CC=O)C[C@@H](C)[C@@H](O)C=CC=CC[C@@H](C)OC(=O)C[C@@H](OC(C)=O)[C@@H]3OC)C(O)[C@@H]2N(C)C)C[C@]1(C)O. The summed E-state index contributed by atoms with van der Waals surface area (Å²) in [7, 11) is 4.85. The zero-order chi connectivity index (χ0) is 42.6. The topological polar surface area (TPSA) is 206 Å². The molecular weight excluding hydrogens is 746 g/mol. The van der Waals surface area contributed by atoms with Crippen LogP contribution in [-0.2, 0) is 57.1 Å². The lowest BCUT2D eigenvalue weighted by Gasteiger charge is -2.50. The molecule has 2 saturated heterocycles. The van der Waals surface area contributed by atoms with Gasteiger partial charge in [0.05, 0.1) is 36.9 Å². The first kappa shape index (κ1) is 48.6. The van der Waals surface area contributed by atoms with Gasteiger partial charge in [-0.2, -0.15) is 0 Å². The van der Waals surface area contributed by atoms with E-state index >= 15 is 0 Å². The number of aliphatic hydroxyl groups is 3. The lowest BCUT2D eigenvalue weighted by atomic mass is 9.82. The number of ether oxygens (including phenoxy) is 8. The Morgan fingerprint density at radius 3 is 2.32 bits per heavy atom. The van der Waals surface area contributed by atoms with Crippen LogP contribution in [0.15, 0.2) is 24.3 Å². The molecule has 0 aromatic carbocycles. The molecule has 3 aliphatic heterocycles. The summed E-state index contributed by atoms with van der Waals surface area (Å²) in [5.41, 5.74) is -1.49. The van der Waals surface area contributed by atoms with Crippen LogP contribution in [0.1, 0.15) is 93.4 Å². The molecule has 16 atom stereocenters. The Kier molecular flexibility index (Phi) is 19.2. The molecule has 0 amide bonds. The van der Waals surface area contributed by atoms with Crippen LogP contribution in [0.3, 0.4) is 0 Å². The number of carbonyl (C=O) groups excluding carboxylic acids is 4. The molecule has 326 valence electrons. The average Bonchev–Trinajstić information content (AvgIpc) is 3.10. The van der Waals surface area contributed by atoms with Gasteiger partial charge in [0, 0.05) is 39.7 Å². The second-order valence-electron chi connectivity index (χ2n) is 16.1. The maximum absolute atomic E-state index is 13.2. The number of cyclic esters (lactones) is 1. The first-order valence-electron chi connectivity index (χ1n) is 20.1. The summed E-state index contributed by atoms with van der Waals surface area (Å²) >= 11 is 0. The summed E-state index contributed by atoms with van der Waals surface area (Å²) in [6, 6.07) is -0.779. The zero-order valence-electron chi connectivity index (χ0n) is 35.2. The van der Waals surface area contributed by atoms with E-state index in [-0.39, 0.29) is 25.7 Å². The van der Waals surface area contributed by atoms with E-state index in [1.54, 1.807) is 71.0 Å². The molecule has 2 fully saturated rings. The van der Waals surface area contributed by atoms with Crippen LogP contribution in [0, 0.1) is 11.8 Å². The van der Waals surface area contributed by atoms with Gasteiger partial charge < -0.3 is 62.9 Å². The fraction of sp³-hybridized carbons (Fsp3) is 0.805. The van der Waals surface area contributed by atoms with Gasteiger partial charge in [-0.3, -0.25) is 14.4 Å². The molecule has 0 bridgehead atoms. The zero-order valence-corrected chi connectivity index (χ0v) is 35.2. The van der Waals surface area contributed by atoms with Gasteiger partial charge in [-0.15, -0.1) is 0 Å². The molecule has 0 aliphatic carbocycles. The van der Waals surface area contributed by atoms with Crippen molar-refractivity contribution in [3.05, 3.63) is 24.3 Å². The minimum Gasteiger partial charge on any atom is -0.462 e. The molecule has 3 aliphatic rings. The van der Waals surface area contributed by atoms with E-state index in [0.29, 0.717) is 19.1 Å². The fourth-order valence-electron chi connectivity index (χ4n) is 7.96. The summed E-state index contributed by atoms with van der Waals surface area (Å²) in [6.07, 6.45) is -3.45. The van der Waals surface area contributed by atoms with E-state index in [4.69, 9.17) is 37.9 Å². The Morgan fingerprint density at radius 2 is 1.72 bits per heavy atom. The average molecular weight is 814 g/mol. The third kappa shape index (κ3) is 13.9. The predicted octanol–water partition coefficient (Wildman–Crippen LogP) is 2.77. The van der Waals surface area contributed by atoms with Crippen molar-refractivity contribution < 1.29 is 72.4 Å². The minimum absolute atomic E-state index is 0.0416. The van der Waals surface area contributed by atoms with Crippen molar-refractivity contribution in [3.63, 3.8) is 0 Å². The number of nitrogens with zero attached hydrogens (tertiary/aromatic N) is 1. The van der Waals surface area contributed by atoms with E-state index < -0.39 is 121 Å². The maximum atomic E-state index is 13.2. The fourth-order valence-corrected chi connectivity index (χ4v) is 7.96. The molecule has 3 unspecified atom stereocenters. The first-order chi connectivity index (χ1) is 26.8. The summed E-state index contributed by atoms with van der Waals surface area (Å²) < 4.78 is 48.4. The van der Waals surface area contributed by atoms with E-state index in [9.17, 15) is 34.5 Å². The van der Waals surface area contributed by atoms with E-state index in [1.165, 1.54) is 14.0 Å². The van der Waals surface area contributed by atoms with Crippen molar-refractivity contribution in [1.82, 2.24) is 4.90 Å². The molecule has 0 radical (unpaired) electrons. The quantitative estimate of drug-likeness (QED) is 0.147. The number of allylic oxidation sites excluding steroid dienone is 2. The van der Waals surface area contributed by atoms with Crippen molar-refractivity contribution >= 4 is 24.2 Å². The third-order valence-corrected chi connectivity index (χ3v) is 10.8. The Balaban J connectivity index is 1.99. The third-order valence-electron chi connectivity index (χ3n) is 10.8. The van der Waals surface area contributed by atoms with Crippen LogP contribution < -0.4 is 0 Å². The highest BCUT2D eigenvalue weighted by Crippen LogP contribution is 2.37. The van der Waals surface area contributed by atoms with Crippen molar-refractivity contribution in [2.75, 3.05) is 21.2 Å². The van der Waals surface area contributed by atoms with E-state index in [0.717, 1.165) is 0 Å². The lowest BCUT2D eigenvalue weighted by molar-refractivity contribution is -0.344. The number of methoxy groups -OCH3 is 1. The number of hydrogen-bond donors (Lipinski definition) is 3. The molecule has 0 saturated carbocycles. The van der Waals surface area contributed by atoms with Crippen LogP contribution in [0.25, 0.3) is 0 Å². The Bertz CT molecular complexity index is 1350. The lowest BCUT2D eigenvalue weighted by Crippen LogP contribution is -2.66. The molecule has 3 rings (SSSR count). The van der Waals surface area contributed by atoms with Gasteiger partial charge in [0.15, 0.2) is 18.7 Å². The summed E-state index contributed by atoms with van der Waals surface area (Å²) in [5, 5.41) is 34.5. The predicted molar refractivity (Wildman–Crippen MR) is 205 cm³/mol. The van der Waals surface area contributed by atoms with Gasteiger partial charge in [0.2, 0.25) is 0 Å². The van der Waals surface area contributed by atoms with Crippen LogP contribution in [0.5, 0.6) is 0 Å². The van der Waals surface area contributed by atoms with Gasteiger partial charge in [-0.25, -0.2) is 0 Å². The van der Waals surface area contributed by atoms with Crippen LogP contribution >= 0.6 is 0 Å². The standard InChI is InChI=1S/C41H67NO15/c1-11-15-31(46)55-39-26(5)52-33(22-41(39,7)49)56-36-25(4)53-40(35(48)34(36)42(8)9)57-37-28(18-19-43)20-23(2)29(45)17-14-12-13-16-24(3)51-32(47)21-30(38(37)50-10)54-27(6)44/h12-14,17,19,23-26,28-30,33-40,45,48-49H,11,15-16,18,20-22H2,1-10H3/t23-,24-,25?,26?,28+,29+,30-,33+,34+,35?,36-,37+,38+,39+,40+,41+/m1/s1. The van der Waals surface area contributed by atoms with Gasteiger partial charge in [-0.1, -0.05) is 38.2 Å². The molecule has 16 nitrogen and oxygen atoms in total. The van der Waals surface area contributed by atoms with Gasteiger partial charge in [-0.05, 0) is 66.5 Å². The van der Waals surface area contributed by atoms with Crippen molar-refractivity contribution in [2.24, 2.45) is 11.8 Å². The highest BCUT2D eigenvalue weighted by molar-refractivity contribution is 5.72. The molecule has 3 N–H and O–H groups in total. The monoisotopic (exact) mass is 813 g/mol. The summed E-state index contributed by atoms with van der Waals surface area (Å²) in [4.78, 5) is 52.0. The summed E-state index contributed by atoms with van der Waals surface area (Å²) in [6.45, 7) is 11.6. The Labute approximate surface area is 337 Å². The second-order valence-corrected chi connectivity index (χ2v) is 16.1. The first-order valence-corrected chi connectivity index (χ1v) is 20.1. The number of hydrogen-bond acceptors (Lipinski definition) is 16. The number of aliphatic hydroxyl groups excluding tert-OH is 2. The Hall–Kier alpha value is -2.80. The molecule has 0 aromatic heterocycles. The van der Waals surface area contributed by atoms with Crippen molar-refractivity contribution in [1.29, 1.82) is 0 Å². The molecular formula is C41H67NO15. The molecule has 16 heteroatoms. The highest BCUT2D eigenvalue weighted by atomic mass is 16.7. The number of aldehydes is 1. The van der Waals surface area contributed by atoms with Crippen molar-refractivity contribution in [3.8, 4) is 0 Å². The van der Waals surface area contributed by atoms with E-state index in [2.05, 4.69) is 0 Å². The molecule has 3 heterocycles. The summed E-state index contributed by atoms with van der Waals surface area (Å²) in [5.74, 6) is -2.88. The number of esters is 3. The van der Waals surface area contributed by atoms with Crippen LogP contribution in [0.2, 0.25) is 0 Å². The number of rotatable bonds is 12.